The minimum absolute atomic E-state index is 0.0297. The lowest BCUT2D eigenvalue weighted by atomic mass is 10.1. The predicted octanol–water partition coefficient (Wildman–Crippen LogP) is 3.61. The van der Waals surface area contributed by atoms with Gasteiger partial charge in [0, 0.05) is 5.69 Å². The van der Waals surface area contributed by atoms with E-state index in [2.05, 4.69) is 15.5 Å². The Kier molecular flexibility index (Phi) is 6.94. The molecule has 0 bridgehead atoms. The van der Waals surface area contributed by atoms with Crippen molar-refractivity contribution in [3.8, 4) is 16.4 Å². The van der Waals surface area contributed by atoms with Crippen molar-refractivity contribution in [2.45, 2.75) is 23.0 Å². The number of aromatic nitrogens is 3. The molecule has 0 fully saturated rings. The number of carbonyl (C=O) groups excluding carboxylic acids is 1. The van der Waals surface area contributed by atoms with Crippen LogP contribution in [0.3, 0.4) is 0 Å². The fourth-order valence-electron chi connectivity index (χ4n) is 3.18. The van der Waals surface area contributed by atoms with Gasteiger partial charge < -0.3 is 5.32 Å². The quantitative estimate of drug-likeness (QED) is 0.357. The molecule has 2 aromatic heterocycles. The number of primary sulfonamides is 1. The summed E-state index contributed by atoms with van der Waals surface area (Å²) in [4.78, 5) is 13.6. The number of amides is 1. The fourth-order valence-corrected chi connectivity index (χ4v) is 5.16. The van der Waals surface area contributed by atoms with E-state index < -0.39 is 10.0 Å². The lowest BCUT2D eigenvalue weighted by Crippen LogP contribution is -2.28. The maximum atomic E-state index is 12.6. The van der Waals surface area contributed by atoms with Crippen LogP contribution < -0.4 is 10.5 Å². The maximum Gasteiger partial charge on any atom is 0.238 e. The Labute approximate surface area is 199 Å². The second kappa shape index (κ2) is 9.87. The van der Waals surface area contributed by atoms with E-state index >= 15 is 0 Å². The Hall–Kier alpha value is -2.99. The molecule has 4 rings (SSSR count). The summed E-state index contributed by atoms with van der Waals surface area (Å²) in [5, 5.41) is 19.3. The molecule has 33 heavy (non-hydrogen) atoms. The van der Waals surface area contributed by atoms with Crippen LogP contribution in [0.5, 0.6) is 0 Å². The molecule has 0 saturated heterocycles. The Morgan fingerprint density at radius 1 is 1.09 bits per heavy atom. The first-order chi connectivity index (χ1) is 15.8. The molecule has 0 spiro atoms. The molecule has 0 saturated carbocycles. The van der Waals surface area contributed by atoms with E-state index in [9.17, 15) is 13.2 Å². The number of carbonyl (C=O) groups is 1. The van der Waals surface area contributed by atoms with Gasteiger partial charge >= 0.3 is 0 Å². The Morgan fingerprint density at radius 3 is 2.45 bits per heavy atom. The summed E-state index contributed by atoms with van der Waals surface area (Å²) in [6.07, 6.45) is 0. The zero-order valence-electron chi connectivity index (χ0n) is 17.6. The number of para-hydroxylation sites is 1. The SMILES string of the molecule is CC(NC(=O)CSc1nnc(-c2cccs2)n1-c1ccccc1)c1ccc(S(N)(=O)=O)cc1. The second-order valence-electron chi connectivity index (χ2n) is 7.15. The second-order valence-corrected chi connectivity index (χ2v) is 10.6. The summed E-state index contributed by atoms with van der Waals surface area (Å²) in [6, 6.07) is 19.5. The zero-order valence-corrected chi connectivity index (χ0v) is 20.0. The minimum atomic E-state index is -3.75. The molecule has 1 unspecified atom stereocenters. The summed E-state index contributed by atoms with van der Waals surface area (Å²) in [5.41, 5.74) is 1.69. The van der Waals surface area contributed by atoms with Crippen molar-refractivity contribution < 1.29 is 13.2 Å². The highest BCUT2D eigenvalue weighted by atomic mass is 32.2. The van der Waals surface area contributed by atoms with E-state index in [1.807, 2.05) is 59.3 Å². The highest BCUT2D eigenvalue weighted by Crippen LogP contribution is 2.30. The van der Waals surface area contributed by atoms with E-state index in [-0.39, 0.29) is 22.6 Å². The maximum absolute atomic E-state index is 12.6. The number of thioether (sulfide) groups is 1. The number of nitrogens with zero attached hydrogens (tertiary/aromatic N) is 3. The van der Waals surface area contributed by atoms with E-state index in [1.54, 1.807) is 23.5 Å². The first-order valence-electron chi connectivity index (χ1n) is 9.92. The Bertz CT molecular complexity index is 1340. The third-order valence-electron chi connectivity index (χ3n) is 4.81. The number of benzene rings is 2. The number of thiophene rings is 1. The van der Waals surface area contributed by atoms with Gasteiger partial charge in [0.1, 0.15) is 0 Å². The van der Waals surface area contributed by atoms with Gasteiger partial charge in [-0.15, -0.1) is 21.5 Å². The van der Waals surface area contributed by atoms with Crippen LogP contribution in [0, 0.1) is 0 Å². The number of nitrogens with two attached hydrogens (primary N) is 1. The molecule has 2 heterocycles. The number of rotatable bonds is 8. The fraction of sp³-hybridized carbons (Fsp3) is 0.136. The predicted molar refractivity (Wildman–Crippen MR) is 130 cm³/mol. The van der Waals surface area contributed by atoms with Crippen LogP contribution in [0.1, 0.15) is 18.5 Å². The summed E-state index contributed by atoms with van der Waals surface area (Å²) in [7, 11) is -3.75. The number of hydrogen-bond acceptors (Lipinski definition) is 7. The molecule has 1 atom stereocenters. The highest BCUT2D eigenvalue weighted by Gasteiger charge is 2.18. The van der Waals surface area contributed by atoms with Gasteiger partial charge in [-0.1, -0.05) is 48.2 Å². The molecule has 170 valence electrons. The topological polar surface area (TPSA) is 120 Å². The third kappa shape index (κ3) is 5.50. The molecule has 3 N–H and O–H groups in total. The monoisotopic (exact) mass is 499 g/mol. The normalized spacial score (nSPS) is 12.4. The zero-order chi connectivity index (χ0) is 23.4. The van der Waals surface area contributed by atoms with Gasteiger partial charge in [0.15, 0.2) is 11.0 Å². The lowest BCUT2D eigenvalue weighted by Gasteiger charge is -2.15. The summed E-state index contributed by atoms with van der Waals surface area (Å²) in [6.45, 7) is 1.83. The lowest BCUT2D eigenvalue weighted by molar-refractivity contribution is -0.119. The standard InChI is InChI=1S/C22H21N5O3S3/c1-15(16-9-11-18(12-10-16)33(23,29)30)24-20(28)14-32-22-26-25-21(19-8-5-13-31-19)27(22)17-6-3-2-4-7-17/h2-13,15H,14H2,1H3,(H,24,28)(H2,23,29,30). The van der Waals surface area contributed by atoms with Gasteiger partial charge in [-0.2, -0.15) is 0 Å². The van der Waals surface area contributed by atoms with Gasteiger partial charge in [-0.3, -0.25) is 9.36 Å². The van der Waals surface area contributed by atoms with Crippen LogP contribution in [0.4, 0.5) is 0 Å². The minimum Gasteiger partial charge on any atom is -0.349 e. The molecule has 0 aliphatic carbocycles. The molecule has 4 aromatic rings. The molecule has 2 aromatic carbocycles. The van der Waals surface area contributed by atoms with Gasteiger partial charge in [0.05, 0.1) is 21.6 Å². The average molecular weight is 500 g/mol. The van der Waals surface area contributed by atoms with Gasteiger partial charge in [-0.05, 0) is 48.2 Å². The molecule has 11 heteroatoms. The summed E-state index contributed by atoms with van der Waals surface area (Å²) in [5.74, 6) is 0.695. The molecule has 0 aliphatic heterocycles. The Balaban J connectivity index is 1.46. The van der Waals surface area contributed by atoms with Crippen LogP contribution in [-0.4, -0.2) is 34.8 Å². The smallest absolute Gasteiger partial charge is 0.238 e. The van der Waals surface area contributed by atoms with Crippen molar-refractivity contribution in [3.63, 3.8) is 0 Å². The van der Waals surface area contributed by atoms with E-state index in [1.165, 1.54) is 23.9 Å². The molecule has 8 nitrogen and oxygen atoms in total. The molecular weight excluding hydrogens is 478 g/mol. The van der Waals surface area contributed by atoms with Crippen molar-refractivity contribution in [2.24, 2.45) is 5.14 Å². The highest BCUT2D eigenvalue weighted by molar-refractivity contribution is 7.99. The van der Waals surface area contributed by atoms with E-state index in [0.29, 0.717) is 5.16 Å². The summed E-state index contributed by atoms with van der Waals surface area (Å²) < 4.78 is 24.8. The van der Waals surface area contributed by atoms with Crippen LogP contribution in [-0.2, 0) is 14.8 Å². The number of nitrogens with one attached hydrogen (secondary N) is 1. The third-order valence-corrected chi connectivity index (χ3v) is 7.53. The Morgan fingerprint density at radius 2 is 1.82 bits per heavy atom. The molecular formula is C22H21N5O3S3. The van der Waals surface area contributed by atoms with Crippen molar-refractivity contribution in [1.29, 1.82) is 0 Å². The van der Waals surface area contributed by atoms with Crippen LogP contribution in [0.15, 0.2) is 82.2 Å². The molecule has 1 amide bonds. The van der Waals surface area contributed by atoms with Crippen molar-refractivity contribution in [3.05, 3.63) is 77.7 Å². The first kappa shape index (κ1) is 23.2. The van der Waals surface area contributed by atoms with E-state index in [0.717, 1.165) is 22.0 Å². The van der Waals surface area contributed by atoms with E-state index in [4.69, 9.17) is 5.14 Å². The summed E-state index contributed by atoms with van der Waals surface area (Å²) >= 11 is 2.87. The number of sulfonamides is 1. The first-order valence-corrected chi connectivity index (χ1v) is 13.3. The molecule has 0 aliphatic rings. The average Bonchev–Trinajstić information content (AvgIpc) is 3.47. The largest absolute Gasteiger partial charge is 0.349 e. The number of hydrogen-bond donors (Lipinski definition) is 2. The van der Waals surface area contributed by atoms with Gasteiger partial charge in [0.25, 0.3) is 0 Å². The van der Waals surface area contributed by atoms with Crippen molar-refractivity contribution >= 4 is 39.0 Å². The van der Waals surface area contributed by atoms with Crippen LogP contribution in [0.25, 0.3) is 16.4 Å². The molecule has 0 radical (unpaired) electrons. The van der Waals surface area contributed by atoms with Crippen LogP contribution in [0.2, 0.25) is 0 Å². The van der Waals surface area contributed by atoms with Crippen LogP contribution >= 0.6 is 23.1 Å². The van der Waals surface area contributed by atoms with Gasteiger partial charge in [-0.25, -0.2) is 13.6 Å². The van der Waals surface area contributed by atoms with Crippen molar-refractivity contribution in [1.82, 2.24) is 20.1 Å². The van der Waals surface area contributed by atoms with Crippen molar-refractivity contribution in [2.75, 3.05) is 5.75 Å². The van der Waals surface area contributed by atoms with Gasteiger partial charge in [0.2, 0.25) is 15.9 Å².